The maximum absolute atomic E-state index is 12.2. The van der Waals surface area contributed by atoms with Crippen molar-refractivity contribution in [1.29, 1.82) is 0 Å². The number of anilines is 1. The first kappa shape index (κ1) is 32.4. The van der Waals surface area contributed by atoms with Gasteiger partial charge in [-0.1, -0.05) is 42.5 Å². The molecule has 42 heavy (non-hydrogen) atoms. The largest absolute Gasteiger partial charge is 0.573 e. The summed E-state index contributed by atoms with van der Waals surface area (Å²) in [6, 6.07) is 18.9. The maximum Gasteiger partial charge on any atom is 0.573 e. The Morgan fingerprint density at radius 2 is 1.67 bits per heavy atom. The number of hydrogen-bond donors (Lipinski definition) is 2. The third-order valence-corrected chi connectivity index (χ3v) is 6.47. The third kappa shape index (κ3) is 9.19. The Balaban J connectivity index is 0.000000270. The summed E-state index contributed by atoms with van der Waals surface area (Å²) < 4.78 is 45.2. The molecule has 1 aliphatic carbocycles. The summed E-state index contributed by atoms with van der Waals surface area (Å²) in [5.74, 6) is 0.291. The van der Waals surface area contributed by atoms with Gasteiger partial charge in [-0.05, 0) is 85.9 Å². The van der Waals surface area contributed by atoms with Gasteiger partial charge in [-0.2, -0.15) is 0 Å². The van der Waals surface area contributed by atoms with Crippen LogP contribution in [0.3, 0.4) is 0 Å². The van der Waals surface area contributed by atoms with Gasteiger partial charge in [0.1, 0.15) is 5.75 Å². The Labute approximate surface area is 243 Å². The molecule has 1 saturated carbocycles. The Morgan fingerprint density at radius 3 is 2.24 bits per heavy atom. The number of alkyl halides is 3. The fourth-order valence-corrected chi connectivity index (χ4v) is 4.19. The Morgan fingerprint density at radius 1 is 1.02 bits per heavy atom. The second kappa shape index (κ2) is 14.7. The zero-order valence-corrected chi connectivity index (χ0v) is 24.0. The molecule has 7 nitrogen and oxygen atoms in total. The standard InChI is InChI=1S/C20H17F3N2O2.C10H12O2.C2H6O/c21-20(22,23)27-16-9-5-13(6-10-16)12-25(26)19-18(14-7-8-14)17-4-2-1-3-15(17)11-24-19;1-7-4-5-9(6-8(7)2)10(11)12-3;1-2-3/h1-6,9-11,14,26H,7-8,12H2;4-6H,1-3H3;3H,2H2,1H3. The molecule has 1 heterocycles. The smallest absolute Gasteiger partial charge is 0.465 e. The molecule has 4 aromatic rings. The van der Waals surface area contributed by atoms with Crippen molar-refractivity contribution in [3.8, 4) is 5.75 Å². The van der Waals surface area contributed by atoms with Gasteiger partial charge in [0.25, 0.3) is 0 Å². The number of methoxy groups -OCH3 is 1. The highest BCUT2D eigenvalue weighted by atomic mass is 19.4. The van der Waals surface area contributed by atoms with Crippen LogP contribution < -0.4 is 9.80 Å². The number of nitrogens with zero attached hydrogens (tertiary/aromatic N) is 2. The summed E-state index contributed by atoms with van der Waals surface area (Å²) in [5, 5.41) is 21.3. The van der Waals surface area contributed by atoms with Gasteiger partial charge in [-0.15, -0.1) is 13.2 Å². The van der Waals surface area contributed by atoms with Crippen LogP contribution in [-0.4, -0.2) is 41.3 Å². The number of ether oxygens (including phenoxy) is 2. The molecule has 0 radical (unpaired) electrons. The number of hydrogen-bond acceptors (Lipinski definition) is 7. The fourth-order valence-electron chi connectivity index (χ4n) is 4.19. The van der Waals surface area contributed by atoms with Gasteiger partial charge in [0.2, 0.25) is 0 Å². The van der Waals surface area contributed by atoms with E-state index in [0.717, 1.165) is 39.8 Å². The summed E-state index contributed by atoms with van der Waals surface area (Å²) in [7, 11) is 1.39. The Kier molecular flexibility index (Phi) is 11.3. The molecule has 0 bridgehead atoms. The van der Waals surface area contributed by atoms with E-state index in [9.17, 15) is 23.2 Å². The van der Waals surface area contributed by atoms with Crippen molar-refractivity contribution in [3.05, 3.63) is 101 Å². The molecule has 0 spiro atoms. The number of halogens is 3. The topological polar surface area (TPSA) is 92.1 Å². The molecule has 1 aromatic heterocycles. The normalized spacial score (nSPS) is 12.4. The number of aryl methyl sites for hydroxylation is 2. The molecular formula is C32H35F3N2O5. The van der Waals surface area contributed by atoms with Crippen LogP contribution in [0.15, 0.2) is 72.9 Å². The second-order valence-corrected chi connectivity index (χ2v) is 9.71. The highest BCUT2D eigenvalue weighted by molar-refractivity contribution is 5.90. The van der Waals surface area contributed by atoms with E-state index in [1.54, 1.807) is 19.2 Å². The molecule has 3 aromatic carbocycles. The molecule has 224 valence electrons. The van der Waals surface area contributed by atoms with Crippen molar-refractivity contribution in [2.75, 3.05) is 18.8 Å². The van der Waals surface area contributed by atoms with Gasteiger partial charge >= 0.3 is 12.3 Å². The minimum absolute atomic E-state index is 0.108. The summed E-state index contributed by atoms with van der Waals surface area (Å²) >= 11 is 0. The molecule has 5 rings (SSSR count). The molecule has 0 aliphatic heterocycles. The average Bonchev–Trinajstić information content (AvgIpc) is 3.80. The van der Waals surface area contributed by atoms with Crippen LogP contribution in [0.4, 0.5) is 19.0 Å². The number of rotatable bonds is 6. The molecule has 0 saturated heterocycles. The average molecular weight is 585 g/mol. The number of aliphatic hydroxyl groups excluding tert-OH is 1. The zero-order chi connectivity index (χ0) is 30.9. The third-order valence-electron chi connectivity index (χ3n) is 6.47. The number of hydroxylamine groups is 1. The predicted molar refractivity (Wildman–Crippen MR) is 155 cm³/mol. The van der Waals surface area contributed by atoms with E-state index in [-0.39, 0.29) is 24.9 Å². The van der Waals surface area contributed by atoms with Crippen LogP contribution >= 0.6 is 0 Å². The van der Waals surface area contributed by atoms with Crippen LogP contribution in [0.25, 0.3) is 10.8 Å². The minimum atomic E-state index is -4.72. The van der Waals surface area contributed by atoms with E-state index in [1.807, 2.05) is 50.2 Å². The number of carbonyl (C=O) groups is 1. The maximum atomic E-state index is 12.2. The quantitative estimate of drug-likeness (QED) is 0.179. The Bertz CT molecular complexity index is 1470. The molecule has 1 fully saturated rings. The van der Waals surface area contributed by atoms with Gasteiger partial charge in [-0.3, -0.25) is 5.21 Å². The fraction of sp³-hybridized carbons (Fsp3) is 0.312. The number of pyridine rings is 1. The molecule has 10 heteroatoms. The summed E-state index contributed by atoms with van der Waals surface area (Å²) in [6.45, 7) is 6.02. The number of carbonyl (C=O) groups excluding carboxylic acids is 1. The minimum Gasteiger partial charge on any atom is -0.465 e. The van der Waals surface area contributed by atoms with Crippen LogP contribution in [0.5, 0.6) is 5.75 Å². The number of esters is 1. The molecular weight excluding hydrogens is 549 g/mol. The van der Waals surface area contributed by atoms with Gasteiger partial charge in [0, 0.05) is 23.8 Å². The van der Waals surface area contributed by atoms with Gasteiger partial charge in [-0.25, -0.2) is 14.8 Å². The SMILES string of the molecule is CCO.COC(=O)c1ccc(C)c(C)c1.ON(Cc1ccc(OC(F)(F)F)cc1)c1ncc2ccccc2c1C1CC1. The Hall–Kier alpha value is -4.15. The molecule has 0 atom stereocenters. The van der Waals surface area contributed by atoms with E-state index < -0.39 is 6.36 Å². The van der Waals surface area contributed by atoms with Crippen molar-refractivity contribution in [3.63, 3.8) is 0 Å². The summed E-state index contributed by atoms with van der Waals surface area (Å²) in [4.78, 5) is 15.5. The van der Waals surface area contributed by atoms with Crippen LogP contribution in [0.2, 0.25) is 0 Å². The van der Waals surface area contributed by atoms with Crippen LogP contribution in [-0.2, 0) is 11.3 Å². The van der Waals surface area contributed by atoms with E-state index in [0.29, 0.717) is 22.9 Å². The lowest BCUT2D eigenvalue weighted by Crippen LogP contribution is -2.20. The summed E-state index contributed by atoms with van der Waals surface area (Å²) in [6.07, 6.45) is -0.890. The van der Waals surface area contributed by atoms with Crippen molar-refractivity contribution < 1.29 is 37.8 Å². The first-order valence-corrected chi connectivity index (χ1v) is 13.4. The van der Waals surface area contributed by atoms with Crippen LogP contribution in [0, 0.1) is 13.8 Å². The van der Waals surface area contributed by atoms with E-state index >= 15 is 0 Å². The lowest BCUT2D eigenvalue weighted by molar-refractivity contribution is -0.274. The van der Waals surface area contributed by atoms with E-state index in [4.69, 9.17) is 5.11 Å². The van der Waals surface area contributed by atoms with Crippen molar-refractivity contribution in [2.45, 2.75) is 52.4 Å². The van der Waals surface area contributed by atoms with Crippen molar-refractivity contribution in [2.24, 2.45) is 0 Å². The number of benzene rings is 3. The molecule has 1 aliphatic rings. The molecule has 0 unspecified atom stereocenters. The summed E-state index contributed by atoms with van der Waals surface area (Å²) in [5.41, 5.74) is 4.57. The second-order valence-electron chi connectivity index (χ2n) is 9.71. The van der Waals surface area contributed by atoms with E-state index in [1.165, 1.54) is 36.9 Å². The van der Waals surface area contributed by atoms with Gasteiger partial charge < -0.3 is 14.6 Å². The number of aliphatic hydroxyl groups is 1. The van der Waals surface area contributed by atoms with Crippen molar-refractivity contribution in [1.82, 2.24) is 4.98 Å². The lowest BCUT2D eigenvalue weighted by Gasteiger charge is -2.21. The van der Waals surface area contributed by atoms with Gasteiger partial charge in [0.15, 0.2) is 5.82 Å². The molecule has 0 amide bonds. The highest BCUT2D eigenvalue weighted by Gasteiger charge is 2.32. The number of aromatic nitrogens is 1. The first-order valence-electron chi connectivity index (χ1n) is 13.4. The predicted octanol–water partition coefficient (Wildman–Crippen LogP) is 7.50. The van der Waals surface area contributed by atoms with Gasteiger partial charge in [0.05, 0.1) is 19.2 Å². The van der Waals surface area contributed by atoms with E-state index in [2.05, 4.69) is 14.5 Å². The zero-order valence-electron chi connectivity index (χ0n) is 24.0. The lowest BCUT2D eigenvalue weighted by atomic mass is 10.0. The van der Waals surface area contributed by atoms with Crippen molar-refractivity contribution >= 4 is 22.6 Å². The molecule has 2 N–H and O–H groups in total. The monoisotopic (exact) mass is 584 g/mol. The first-order chi connectivity index (χ1) is 20.0. The number of fused-ring (bicyclic) bond motifs is 1. The highest BCUT2D eigenvalue weighted by Crippen LogP contribution is 2.46. The van der Waals surface area contributed by atoms with Crippen LogP contribution in [0.1, 0.15) is 58.3 Å².